The average Bonchev–Trinajstić information content (AvgIpc) is 2.79. The van der Waals surface area contributed by atoms with Crippen LogP contribution >= 0.6 is 46.6 Å². The number of benzene rings is 2. The number of ether oxygens (including phenoxy) is 3. The molecule has 0 aromatic heterocycles. The third kappa shape index (κ3) is 8.42. The van der Waals surface area contributed by atoms with E-state index in [2.05, 4.69) is 20.8 Å². The van der Waals surface area contributed by atoms with Crippen molar-refractivity contribution in [2.75, 3.05) is 30.6 Å². The zero-order valence-electron chi connectivity index (χ0n) is 19.8. The van der Waals surface area contributed by atoms with Crippen molar-refractivity contribution in [2.24, 2.45) is 0 Å². The predicted octanol–water partition coefficient (Wildman–Crippen LogP) is 6.36. The molecule has 0 aliphatic carbocycles. The molecule has 0 unspecified atom stereocenters. The van der Waals surface area contributed by atoms with Crippen molar-refractivity contribution in [1.29, 1.82) is 0 Å². The van der Waals surface area contributed by atoms with Gasteiger partial charge < -0.3 is 19.3 Å². The Kier molecular flexibility index (Phi) is 11.6. The molecular formula is C25H31Cl3O5S. The monoisotopic (exact) mass is 548 g/mol. The number of aliphatic hydroxyl groups is 1. The van der Waals surface area contributed by atoms with Crippen LogP contribution in [0.2, 0.25) is 10.0 Å². The van der Waals surface area contributed by atoms with E-state index < -0.39 is 23.6 Å². The number of carbonyl (C=O) groups excluding carboxylic acids is 1. The maximum absolute atomic E-state index is 11.2. The van der Waals surface area contributed by atoms with Gasteiger partial charge in [-0.3, -0.25) is 4.79 Å². The van der Waals surface area contributed by atoms with Gasteiger partial charge in [0.2, 0.25) is 0 Å². The lowest BCUT2D eigenvalue weighted by Gasteiger charge is -2.27. The lowest BCUT2D eigenvalue weighted by Crippen LogP contribution is -2.26. The van der Waals surface area contributed by atoms with Crippen LogP contribution in [0.4, 0.5) is 0 Å². The Morgan fingerprint density at radius 2 is 1.68 bits per heavy atom. The topological polar surface area (TPSA) is 65.0 Å². The fourth-order valence-corrected chi connectivity index (χ4v) is 4.56. The van der Waals surface area contributed by atoms with E-state index in [4.69, 9.17) is 49.0 Å². The lowest BCUT2D eigenvalue weighted by molar-refractivity contribution is -0.146. The number of esters is 1. The molecule has 0 saturated heterocycles. The van der Waals surface area contributed by atoms with Crippen LogP contribution in [0.15, 0.2) is 36.4 Å². The van der Waals surface area contributed by atoms with E-state index in [1.54, 1.807) is 11.8 Å². The molecule has 0 aliphatic heterocycles. The van der Waals surface area contributed by atoms with E-state index in [9.17, 15) is 9.90 Å². The van der Waals surface area contributed by atoms with Gasteiger partial charge in [0, 0.05) is 18.1 Å². The van der Waals surface area contributed by atoms with E-state index in [-0.39, 0.29) is 19.1 Å². The van der Waals surface area contributed by atoms with Gasteiger partial charge in [-0.1, -0.05) is 56.1 Å². The molecule has 0 saturated carbocycles. The molecule has 1 N–H and O–H groups in total. The summed E-state index contributed by atoms with van der Waals surface area (Å²) in [5.41, 5.74) is 1.54. The number of rotatable bonds is 13. The van der Waals surface area contributed by atoms with Gasteiger partial charge in [-0.05, 0) is 41.1 Å². The second-order valence-electron chi connectivity index (χ2n) is 8.24. The largest absolute Gasteiger partial charge is 0.491 e. The van der Waals surface area contributed by atoms with Crippen LogP contribution in [0.1, 0.15) is 38.8 Å². The van der Waals surface area contributed by atoms with E-state index in [0.29, 0.717) is 27.3 Å². The Labute approximate surface area is 221 Å². The third-order valence-corrected chi connectivity index (χ3v) is 7.11. The average molecular weight is 550 g/mol. The van der Waals surface area contributed by atoms with Crippen molar-refractivity contribution in [1.82, 2.24) is 0 Å². The molecule has 2 rings (SSSR count). The Hall–Kier alpha value is -1.31. The number of carbonyl (C=O) groups is 1. The number of aliphatic hydroxyl groups excluding tert-OH is 1. The van der Waals surface area contributed by atoms with Gasteiger partial charge >= 0.3 is 5.97 Å². The molecule has 2 atom stereocenters. The van der Waals surface area contributed by atoms with Gasteiger partial charge in [-0.15, -0.1) is 11.6 Å². The fourth-order valence-electron chi connectivity index (χ4n) is 3.21. The molecule has 0 bridgehead atoms. The lowest BCUT2D eigenvalue weighted by atomic mass is 9.78. The zero-order valence-corrected chi connectivity index (χ0v) is 22.9. The number of hydrogen-bond acceptors (Lipinski definition) is 6. The standard InChI is InChI=1S/C25H31Cl3O5S/c1-5-34-15-19(30)13-31-20-8-6-17(7-9-20)25(3,4)18-10-22(27)24(23(28)11-18)32-14-21(12-26)33-16(2)29/h6-11,19,21,30H,5,12-15H2,1-4H3/t19-,21-/m0/s1. The number of halogens is 3. The number of alkyl halides is 1. The smallest absolute Gasteiger partial charge is 0.303 e. The van der Waals surface area contributed by atoms with E-state index in [1.165, 1.54) is 6.92 Å². The van der Waals surface area contributed by atoms with Crippen LogP contribution in [-0.2, 0) is 14.9 Å². The maximum Gasteiger partial charge on any atom is 0.303 e. The molecule has 0 fully saturated rings. The summed E-state index contributed by atoms with van der Waals surface area (Å²) in [5, 5.41) is 10.7. The summed E-state index contributed by atoms with van der Waals surface area (Å²) in [7, 11) is 0. The summed E-state index contributed by atoms with van der Waals surface area (Å²) in [6, 6.07) is 11.4. The molecule has 34 heavy (non-hydrogen) atoms. The minimum absolute atomic E-state index is 0.0402. The molecule has 0 spiro atoms. The first-order valence-electron chi connectivity index (χ1n) is 10.9. The highest BCUT2D eigenvalue weighted by atomic mass is 35.5. The SMILES string of the molecule is CCSC[C@@H](O)COc1ccc(C(C)(C)c2cc(Cl)c(OC[C@H](CCl)OC(C)=O)c(Cl)c2)cc1. The molecule has 188 valence electrons. The number of thioether (sulfide) groups is 1. The maximum atomic E-state index is 11.2. The highest BCUT2D eigenvalue weighted by molar-refractivity contribution is 7.99. The minimum Gasteiger partial charge on any atom is -0.491 e. The Bertz CT molecular complexity index is 914. The van der Waals surface area contributed by atoms with Crippen molar-refractivity contribution in [3.8, 4) is 11.5 Å². The van der Waals surface area contributed by atoms with Gasteiger partial charge in [0.25, 0.3) is 0 Å². The molecule has 0 aliphatic rings. The first kappa shape index (κ1) is 28.9. The summed E-state index contributed by atoms with van der Waals surface area (Å²) in [6.45, 7) is 7.80. The van der Waals surface area contributed by atoms with Crippen molar-refractivity contribution in [2.45, 2.75) is 45.3 Å². The van der Waals surface area contributed by atoms with Crippen molar-refractivity contribution < 1.29 is 24.1 Å². The van der Waals surface area contributed by atoms with Crippen LogP contribution in [0.3, 0.4) is 0 Å². The molecule has 2 aromatic carbocycles. The Balaban J connectivity index is 2.11. The van der Waals surface area contributed by atoms with E-state index in [0.717, 1.165) is 16.9 Å². The van der Waals surface area contributed by atoms with Crippen LogP contribution in [0.5, 0.6) is 11.5 Å². The van der Waals surface area contributed by atoms with Crippen LogP contribution < -0.4 is 9.47 Å². The van der Waals surface area contributed by atoms with Crippen molar-refractivity contribution in [3.63, 3.8) is 0 Å². The highest BCUT2D eigenvalue weighted by Crippen LogP contribution is 2.40. The second-order valence-corrected chi connectivity index (χ2v) is 10.7. The number of hydrogen-bond donors (Lipinski definition) is 1. The van der Waals surface area contributed by atoms with Gasteiger partial charge in [0.05, 0.1) is 22.0 Å². The summed E-state index contributed by atoms with van der Waals surface area (Å²) in [4.78, 5) is 11.2. The minimum atomic E-state index is -0.602. The Morgan fingerprint density at radius 3 is 2.21 bits per heavy atom. The molecule has 0 amide bonds. The van der Waals surface area contributed by atoms with Crippen LogP contribution in [-0.4, -0.2) is 53.9 Å². The summed E-state index contributed by atoms with van der Waals surface area (Å²) < 4.78 is 16.5. The van der Waals surface area contributed by atoms with E-state index >= 15 is 0 Å². The van der Waals surface area contributed by atoms with E-state index in [1.807, 2.05) is 36.4 Å². The Morgan fingerprint density at radius 1 is 1.06 bits per heavy atom. The van der Waals surface area contributed by atoms with Crippen molar-refractivity contribution >= 4 is 52.5 Å². The molecule has 9 heteroatoms. The molecule has 2 aromatic rings. The first-order chi connectivity index (χ1) is 16.1. The van der Waals surface area contributed by atoms with Gasteiger partial charge in [0.1, 0.15) is 25.1 Å². The summed E-state index contributed by atoms with van der Waals surface area (Å²) in [5.74, 6) is 2.28. The van der Waals surface area contributed by atoms with Gasteiger partial charge in [-0.25, -0.2) is 0 Å². The first-order valence-corrected chi connectivity index (χ1v) is 13.4. The second kappa shape index (κ2) is 13.7. The summed E-state index contributed by atoms with van der Waals surface area (Å²) in [6.07, 6.45) is -1.10. The predicted molar refractivity (Wildman–Crippen MR) is 141 cm³/mol. The quantitative estimate of drug-likeness (QED) is 0.232. The zero-order chi connectivity index (χ0) is 25.3. The molecule has 0 radical (unpaired) electrons. The van der Waals surface area contributed by atoms with Gasteiger partial charge in [0.15, 0.2) is 5.75 Å². The normalized spacial score (nSPS) is 13.3. The van der Waals surface area contributed by atoms with Gasteiger partial charge in [-0.2, -0.15) is 11.8 Å². The fraction of sp³-hybridized carbons (Fsp3) is 0.480. The van der Waals surface area contributed by atoms with Crippen LogP contribution in [0.25, 0.3) is 0 Å². The highest BCUT2D eigenvalue weighted by Gasteiger charge is 2.26. The third-order valence-electron chi connectivity index (χ3n) is 5.17. The summed E-state index contributed by atoms with van der Waals surface area (Å²) >= 11 is 20.5. The molecule has 5 nitrogen and oxygen atoms in total. The molecular weight excluding hydrogens is 519 g/mol. The van der Waals surface area contributed by atoms with Crippen molar-refractivity contribution in [3.05, 3.63) is 57.6 Å². The molecule has 0 heterocycles. The van der Waals surface area contributed by atoms with Crippen LogP contribution in [0, 0.1) is 0 Å².